The largest absolute Gasteiger partial charge is 0.495 e. The quantitative estimate of drug-likeness (QED) is 0.319. The zero-order valence-electron chi connectivity index (χ0n) is 21.5. The van der Waals surface area contributed by atoms with E-state index in [1.54, 1.807) is 54.7 Å². The molecule has 11 heteroatoms. The second-order valence-corrected chi connectivity index (χ2v) is 8.59. The number of carbonyl (C=O) groups excluding carboxylic acids is 2. The Morgan fingerprint density at radius 1 is 0.897 bits per heavy atom. The summed E-state index contributed by atoms with van der Waals surface area (Å²) in [4.78, 5) is 32.7. The maximum absolute atomic E-state index is 15.1. The van der Waals surface area contributed by atoms with Gasteiger partial charge in [0.1, 0.15) is 11.6 Å². The van der Waals surface area contributed by atoms with Crippen molar-refractivity contribution in [3.05, 3.63) is 72.7 Å². The van der Waals surface area contributed by atoms with E-state index in [9.17, 15) is 9.59 Å². The molecule has 1 fully saturated rings. The van der Waals surface area contributed by atoms with E-state index in [0.29, 0.717) is 46.1 Å². The van der Waals surface area contributed by atoms with Gasteiger partial charge in [0.2, 0.25) is 0 Å². The van der Waals surface area contributed by atoms with Gasteiger partial charge in [-0.2, -0.15) is 0 Å². The van der Waals surface area contributed by atoms with E-state index in [2.05, 4.69) is 15.6 Å². The lowest BCUT2D eigenvalue weighted by Crippen LogP contribution is -2.39. The molecule has 0 spiro atoms. The minimum Gasteiger partial charge on any atom is -0.495 e. The van der Waals surface area contributed by atoms with E-state index >= 15 is 4.39 Å². The Morgan fingerprint density at radius 2 is 1.64 bits per heavy atom. The Morgan fingerprint density at radius 3 is 2.38 bits per heavy atom. The summed E-state index contributed by atoms with van der Waals surface area (Å²) in [6.07, 6.45) is 1.60. The number of imide groups is 1. The second-order valence-electron chi connectivity index (χ2n) is 8.59. The zero-order chi connectivity index (χ0) is 27.5. The van der Waals surface area contributed by atoms with Gasteiger partial charge in [-0.05, 0) is 42.5 Å². The smallest absolute Gasteiger partial charge is 0.332 e. The third kappa shape index (κ3) is 4.93. The van der Waals surface area contributed by atoms with Crippen molar-refractivity contribution in [2.45, 2.75) is 0 Å². The Labute approximate surface area is 223 Å². The van der Waals surface area contributed by atoms with Gasteiger partial charge in [-0.1, -0.05) is 12.1 Å². The molecule has 1 saturated heterocycles. The van der Waals surface area contributed by atoms with Crippen LogP contribution in [0, 0.1) is 5.82 Å². The number of methoxy groups -OCH3 is 3. The van der Waals surface area contributed by atoms with E-state index in [0.717, 1.165) is 4.90 Å². The SMILES string of the molecule is COc1cc2nccc(Nc3ccc(NC(=O)N4CCN(c5ccccc5OC)C4=O)cc3F)c2cc1OC. The first-order chi connectivity index (χ1) is 18.9. The number of pyridine rings is 1. The third-order valence-corrected chi connectivity index (χ3v) is 6.37. The molecule has 4 aromatic rings. The molecule has 1 aliphatic rings. The van der Waals surface area contributed by atoms with Crippen LogP contribution in [0.1, 0.15) is 0 Å². The molecule has 0 saturated carbocycles. The Bertz CT molecular complexity index is 1560. The first-order valence-corrected chi connectivity index (χ1v) is 12.0. The summed E-state index contributed by atoms with van der Waals surface area (Å²) in [5, 5.41) is 6.39. The number of aromatic nitrogens is 1. The van der Waals surface area contributed by atoms with Crippen LogP contribution in [0.5, 0.6) is 17.2 Å². The van der Waals surface area contributed by atoms with Crippen LogP contribution in [-0.2, 0) is 0 Å². The molecule has 0 atom stereocenters. The van der Waals surface area contributed by atoms with Crippen LogP contribution >= 0.6 is 0 Å². The van der Waals surface area contributed by atoms with Gasteiger partial charge < -0.3 is 24.8 Å². The third-order valence-electron chi connectivity index (χ3n) is 6.37. The number of fused-ring (bicyclic) bond motifs is 1. The molecule has 0 radical (unpaired) electrons. The maximum atomic E-state index is 15.1. The molecule has 0 aliphatic carbocycles. The number of urea groups is 2. The van der Waals surface area contributed by atoms with E-state index in [4.69, 9.17) is 14.2 Å². The molecular formula is C28H26FN5O5. The molecule has 5 rings (SSSR count). The van der Waals surface area contributed by atoms with Crippen LogP contribution in [0.4, 0.5) is 36.7 Å². The van der Waals surface area contributed by atoms with Crippen molar-refractivity contribution in [2.75, 3.05) is 50.0 Å². The highest BCUT2D eigenvalue weighted by atomic mass is 19.1. The van der Waals surface area contributed by atoms with Crippen LogP contribution < -0.4 is 29.7 Å². The average molecular weight is 532 g/mol. The van der Waals surface area contributed by atoms with Crippen molar-refractivity contribution < 1.29 is 28.2 Å². The van der Waals surface area contributed by atoms with Crippen LogP contribution in [0.15, 0.2) is 66.9 Å². The zero-order valence-corrected chi connectivity index (χ0v) is 21.5. The monoisotopic (exact) mass is 531 g/mol. The molecule has 39 heavy (non-hydrogen) atoms. The summed E-state index contributed by atoms with van der Waals surface area (Å²) in [7, 11) is 4.59. The molecule has 4 amide bonds. The summed E-state index contributed by atoms with van der Waals surface area (Å²) in [5.74, 6) is 0.975. The average Bonchev–Trinajstić information content (AvgIpc) is 3.34. The maximum Gasteiger partial charge on any atom is 0.332 e. The number of anilines is 4. The van der Waals surface area contributed by atoms with Gasteiger partial charge in [0, 0.05) is 35.6 Å². The van der Waals surface area contributed by atoms with Gasteiger partial charge in [0.05, 0.1) is 44.8 Å². The van der Waals surface area contributed by atoms with Crippen LogP contribution in [0.25, 0.3) is 10.9 Å². The molecule has 0 bridgehead atoms. The second kappa shape index (κ2) is 10.7. The lowest BCUT2D eigenvalue weighted by atomic mass is 10.1. The fraction of sp³-hybridized carbons (Fsp3) is 0.179. The van der Waals surface area contributed by atoms with E-state index in [1.165, 1.54) is 38.4 Å². The number of nitrogens with one attached hydrogen (secondary N) is 2. The predicted octanol–water partition coefficient (Wildman–Crippen LogP) is 5.62. The first kappa shape index (κ1) is 25.6. The molecule has 1 aliphatic heterocycles. The fourth-order valence-electron chi connectivity index (χ4n) is 4.41. The molecule has 2 heterocycles. The summed E-state index contributed by atoms with van der Waals surface area (Å²) in [5.41, 5.74) is 2.21. The number of carbonyl (C=O) groups is 2. The van der Waals surface area contributed by atoms with Gasteiger partial charge >= 0.3 is 12.1 Å². The van der Waals surface area contributed by atoms with Crippen molar-refractivity contribution in [3.63, 3.8) is 0 Å². The van der Waals surface area contributed by atoms with Crippen LogP contribution in [-0.4, -0.2) is 56.4 Å². The molecule has 0 unspecified atom stereocenters. The number of para-hydroxylation sites is 2. The highest BCUT2D eigenvalue weighted by Crippen LogP contribution is 2.36. The Hall–Kier alpha value is -5.06. The number of amides is 4. The van der Waals surface area contributed by atoms with E-state index in [-0.39, 0.29) is 17.9 Å². The summed E-state index contributed by atoms with van der Waals surface area (Å²) in [6, 6.07) is 15.4. The summed E-state index contributed by atoms with van der Waals surface area (Å²) in [6.45, 7) is 0.481. The van der Waals surface area contributed by atoms with Gasteiger partial charge in [-0.15, -0.1) is 0 Å². The van der Waals surface area contributed by atoms with Crippen LogP contribution in [0.3, 0.4) is 0 Å². The van der Waals surface area contributed by atoms with Crippen molar-refractivity contribution in [3.8, 4) is 17.2 Å². The number of ether oxygens (including phenoxy) is 3. The van der Waals surface area contributed by atoms with E-state index < -0.39 is 17.9 Å². The highest BCUT2D eigenvalue weighted by Gasteiger charge is 2.35. The van der Waals surface area contributed by atoms with Gasteiger partial charge in [0.25, 0.3) is 0 Å². The molecule has 2 N–H and O–H groups in total. The first-order valence-electron chi connectivity index (χ1n) is 12.0. The van der Waals surface area contributed by atoms with Crippen LogP contribution in [0.2, 0.25) is 0 Å². The molecule has 1 aromatic heterocycles. The number of nitrogens with zero attached hydrogens (tertiary/aromatic N) is 3. The van der Waals surface area contributed by atoms with E-state index in [1.807, 2.05) is 0 Å². The lowest BCUT2D eigenvalue weighted by molar-refractivity contribution is 0.209. The molecule has 200 valence electrons. The topological polar surface area (TPSA) is 105 Å². The van der Waals surface area contributed by atoms with Crippen molar-refractivity contribution in [1.29, 1.82) is 0 Å². The molecule has 10 nitrogen and oxygen atoms in total. The Kier molecular flexibility index (Phi) is 7.04. The predicted molar refractivity (Wildman–Crippen MR) is 146 cm³/mol. The van der Waals surface area contributed by atoms with Gasteiger partial charge in [-0.25, -0.2) is 18.9 Å². The van der Waals surface area contributed by atoms with Crippen molar-refractivity contribution >= 4 is 45.7 Å². The number of hydrogen-bond donors (Lipinski definition) is 2. The minimum absolute atomic E-state index is 0.175. The number of rotatable bonds is 7. The highest BCUT2D eigenvalue weighted by molar-refractivity contribution is 6.08. The summed E-state index contributed by atoms with van der Waals surface area (Å²) < 4.78 is 31.2. The molecular weight excluding hydrogens is 505 g/mol. The summed E-state index contributed by atoms with van der Waals surface area (Å²) >= 11 is 0. The normalized spacial score (nSPS) is 13.0. The number of benzene rings is 3. The van der Waals surface area contributed by atoms with Crippen molar-refractivity contribution in [2.24, 2.45) is 0 Å². The van der Waals surface area contributed by atoms with Gasteiger partial charge in [-0.3, -0.25) is 9.88 Å². The van der Waals surface area contributed by atoms with Crippen molar-refractivity contribution in [1.82, 2.24) is 9.88 Å². The number of halogens is 1. The lowest BCUT2D eigenvalue weighted by Gasteiger charge is -2.20. The Balaban J connectivity index is 1.31. The standard InChI is InChI=1S/C28H26FN5O5/c1-37-24-7-5-4-6-23(24)33-12-13-34(28(33)36)27(35)31-17-8-9-21(19(29)14-17)32-20-10-11-30-22-16-26(39-3)25(38-2)15-18(20)22/h4-11,14-16H,12-13H2,1-3H3,(H,30,32)(H,31,35). The van der Waals surface area contributed by atoms with Gasteiger partial charge in [0.15, 0.2) is 11.5 Å². The fourth-order valence-corrected chi connectivity index (χ4v) is 4.41. The number of hydrogen-bond acceptors (Lipinski definition) is 7. The minimum atomic E-state index is -0.654. The molecule has 3 aromatic carbocycles.